The van der Waals surface area contributed by atoms with Crippen molar-refractivity contribution in [3.05, 3.63) is 23.3 Å². The van der Waals surface area contributed by atoms with E-state index in [-0.39, 0.29) is 23.7 Å². The maximum atomic E-state index is 12.6. The van der Waals surface area contributed by atoms with Crippen molar-refractivity contribution in [2.75, 3.05) is 18.4 Å². The van der Waals surface area contributed by atoms with E-state index in [1.165, 1.54) is 11.3 Å². The van der Waals surface area contributed by atoms with Crippen LogP contribution < -0.4 is 11.1 Å². The van der Waals surface area contributed by atoms with Crippen molar-refractivity contribution in [2.24, 2.45) is 17.6 Å². The molecule has 2 aromatic heterocycles. The number of aromatic amines is 1. The van der Waals surface area contributed by atoms with Gasteiger partial charge in [-0.2, -0.15) is 0 Å². The molecule has 0 aromatic carbocycles. The number of primary amides is 1. The number of carbonyl (C=O) groups is 3. The summed E-state index contributed by atoms with van der Waals surface area (Å²) in [6.07, 6.45) is 5.23. The molecular formula is C18H21N5O3S. The minimum absolute atomic E-state index is 0.101. The number of rotatable bonds is 5. The molecule has 9 heteroatoms. The van der Waals surface area contributed by atoms with E-state index < -0.39 is 5.91 Å². The van der Waals surface area contributed by atoms with Gasteiger partial charge < -0.3 is 20.9 Å². The Balaban J connectivity index is 1.38. The van der Waals surface area contributed by atoms with Crippen LogP contribution >= 0.6 is 11.3 Å². The summed E-state index contributed by atoms with van der Waals surface area (Å²) in [5, 5.41) is 5.18. The molecule has 27 heavy (non-hydrogen) atoms. The summed E-state index contributed by atoms with van der Waals surface area (Å²) in [5.74, 6) is -0.465. The molecule has 2 fully saturated rings. The number of nitrogens with one attached hydrogen (secondary N) is 2. The van der Waals surface area contributed by atoms with E-state index >= 15 is 0 Å². The average molecular weight is 387 g/mol. The van der Waals surface area contributed by atoms with Gasteiger partial charge in [0.2, 0.25) is 11.8 Å². The fourth-order valence-electron chi connectivity index (χ4n) is 3.34. The van der Waals surface area contributed by atoms with Gasteiger partial charge in [-0.25, -0.2) is 4.98 Å². The third kappa shape index (κ3) is 3.87. The molecule has 1 saturated heterocycles. The lowest BCUT2D eigenvalue weighted by Gasteiger charge is -2.32. The van der Waals surface area contributed by atoms with Crippen molar-refractivity contribution < 1.29 is 14.4 Å². The quantitative estimate of drug-likeness (QED) is 0.724. The lowest BCUT2D eigenvalue weighted by atomic mass is 9.97. The number of nitrogens with zero attached hydrogens (tertiary/aromatic N) is 2. The molecule has 4 rings (SSSR count). The van der Waals surface area contributed by atoms with E-state index in [1.807, 2.05) is 10.3 Å². The van der Waals surface area contributed by atoms with Gasteiger partial charge in [-0.05, 0) is 31.7 Å². The van der Waals surface area contributed by atoms with Gasteiger partial charge in [0.1, 0.15) is 5.69 Å². The topological polar surface area (TPSA) is 121 Å². The number of hydrogen-bond donors (Lipinski definition) is 3. The second kappa shape index (κ2) is 7.15. The van der Waals surface area contributed by atoms with Gasteiger partial charge in [0.25, 0.3) is 5.91 Å². The Morgan fingerprint density at radius 1 is 1.26 bits per heavy atom. The van der Waals surface area contributed by atoms with Gasteiger partial charge in [-0.15, -0.1) is 11.3 Å². The van der Waals surface area contributed by atoms with Gasteiger partial charge in [0, 0.05) is 36.1 Å². The number of H-pyrrole nitrogens is 1. The minimum atomic E-state index is -0.535. The first-order valence-electron chi connectivity index (χ1n) is 9.05. The zero-order valence-electron chi connectivity index (χ0n) is 14.7. The smallest absolute Gasteiger partial charge is 0.265 e. The summed E-state index contributed by atoms with van der Waals surface area (Å²) in [6, 6.07) is 1.63. The average Bonchev–Trinajstić information content (AvgIpc) is 3.20. The van der Waals surface area contributed by atoms with Crippen LogP contribution in [0.1, 0.15) is 36.2 Å². The van der Waals surface area contributed by atoms with Crippen LogP contribution in [-0.4, -0.2) is 45.7 Å². The highest BCUT2D eigenvalue weighted by Crippen LogP contribution is 2.33. The Morgan fingerprint density at radius 2 is 2.07 bits per heavy atom. The zero-order chi connectivity index (χ0) is 19.0. The highest BCUT2D eigenvalue weighted by atomic mass is 32.1. The Labute approximate surface area is 160 Å². The summed E-state index contributed by atoms with van der Waals surface area (Å²) in [6.45, 7) is 1.23. The van der Waals surface area contributed by atoms with Crippen molar-refractivity contribution in [1.82, 2.24) is 14.9 Å². The summed E-state index contributed by atoms with van der Waals surface area (Å²) in [5.41, 5.74) is 6.95. The van der Waals surface area contributed by atoms with Crippen LogP contribution in [-0.2, 0) is 9.59 Å². The van der Waals surface area contributed by atoms with E-state index in [4.69, 9.17) is 5.73 Å². The van der Waals surface area contributed by atoms with Crippen LogP contribution in [0.3, 0.4) is 0 Å². The van der Waals surface area contributed by atoms with E-state index in [9.17, 15) is 14.4 Å². The number of anilines is 1. The first kappa shape index (κ1) is 17.7. The Morgan fingerprint density at radius 3 is 2.78 bits per heavy atom. The molecule has 3 amide bonds. The molecule has 0 bridgehead atoms. The van der Waals surface area contributed by atoms with Crippen molar-refractivity contribution >= 4 is 34.2 Å². The van der Waals surface area contributed by atoms with Crippen LogP contribution in [0.25, 0.3) is 11.3 Å². The number of nitrogens with two attached hydrogens (primary N) is 1. The maximum absolute atomic E-state index is 12.6. The first-order chi connectivity index (χ1) is 13.0. The summed E-state index contributed by atoms with van der Waals surface area (Å²) >= 11 is 1.32. The molecular weight excluding hydrogens is 366 g/mol. The molecule has 4 N–H and O–H groups in total. The largest absolute Gasteiger partial charge is 0.364 e. The third-order valence-electron chi connectivity index (χ3n) is 5.01. The van der Waals surface area contributed by atoms with Crippen LogP contribution in [0.4, 0.5) is 5.13 Å². The predicted molar refractivity (Wildman–Crippen MR) is 101 cm³/mol. The fourth-order valence-corrected chi connectivity index (χ4v) is 4.06. The highest BCUT2D eigenvalue weighted by molar-refractivity contribution is 7.14. The Hall–Kier alpha value is -2.68. The van der Waals surface area contributed by atoms with Gasteiger partial charge >= 0.3 is 0 Å². The third-order valence-corrected chi connectivity index (χ3v) is 5.77. The second-order valence-corrected chi connectivity index (χ2v) is 7.95. The number of likely N-dealkylation sites (tertiary alicyclic amines) is 1. The number of aromatic nitrogens is 2. The molecule has 2 aliphatic rings. The van der Waals surface area contributed by atoms with Crippen LogP contribution in [0.5, 0.6) is 0 Å². The summed E-state index contributed by atoms with van der Waals surface area (Å²) in [4.78, 5) is 45.1. The van der Waals surface area contributed by atoms with E-state index in [0.29, 0.717) is 23.1 Å². The number of carbonyl (C=O) groups excluding carboxylic acids is 3. The maximum Gasteiger partial charge on any atom is 0.265 e. The summed E-state index contributed by atoms with van der Waals surface area (Å²) < 4.78 is 0. The molecule has 8 nitrogen and oxygen atoms in total. The standard InChI is InChI=1S/C18H21N5O3S/c19-15(24)13-6-12(7-20-13)14-9-27-18(21-14)22-16(25)11-2-1-5-23(8-11)17(26)10-3-4-10/h6-7,9-11,20H,1-5,8H2,(H2,19,24)(H,21,22,25). The van der Waals surface area contributed by atoms with Crippen LogP contribution in [0, 0.1) is 11.8 Å². The molecule has 3 heterocycles. The van der Waals surface area contributed by atoms with Crippen molar-refractivity contribution in [3.63, 3.8) is 0 Å². The van der Waals surface area contributed by atoms with E-state index in [2.05, 4.69) is 15.3 Å². The van der Waals surface area contributed by atoms with Crippen LogP contribution in [0.15, 0.2) is 17.6 Å². The molecule has 1 unspecified atom stereocenters. The van der Waals surface area contributed by atoms with Crippen molar-refractivity contribution in [3.8, 4) is 11.3 Å². The molecule has 1 saturated carbocycles. The normalized spacial score (nSPS) is 19.7. The highest BCUT2D eigenvalue weighted by Gasteiger charge is 2.36. The number of piperidine rings is 1. The first-order valence-corrected chi connectivity index (χ1v) is 9.93. The van der Waals surface area contributed by atoms with E-state index in [1.54, 1.807) is 12.3 Å². The van der Waals surface area contributed by atoms with Crippen molar-refractivity contribution in [2.45, 2.75) is 25.7 Å². The molecule has 142 valence electrons. The van der Waals surface area contributed by atoms with Crippen LogP contribution in [0.2, 0.25) is 0 Å². The van der Waals surface area contributed by atoms with E-state index in [0.717, 1.165) is 37.8 Å². The molecule has 0 radical (unpaired) electrons. The molecule has 1 aliphatic heterocycles. The SMILES string of the molecule is NC(=O)c1cc(-c2csc(NC(=O)C3CCCN(C(=O)C4CC4)C3)n2)c[nH]1. The van der Waals surface area contributed by atoms with Gasteiger partial charge in [0.05, 0.1) is 11.6 Å². The Kier molecular flexibility index (Phi) is 4.69. The summed E-state index contributed by atoms with van der Waals surface area (Å²) in [7, 11) is 0. The molecule has 1 aliphatic carbocycles. The van der Waals surface area contributed by atoms with Crippen molar-refractivity contribution in [1.29, 1.82) is 0 Å². The lowest BCUT2D eigenvalue weighted by Crippen LogP contribution is -2.44. The van der Waals surface area contributed by atoms with Gasteiger partial charge in [0.15, 0.2) is 5.13 Å². The Bertz CT molecular complexity index is 885. The fraction of sp³-hybridized carbons (Fsp3) is 0.444. The lowest BCUT2D eigenvalue weighted by molar-refractivity contribution is -0.135. The second-order valence-electron chi connectivity index (χ2n) is 7.09. The molecule has 2 aromatic rings. The molecule has 0 spiro atoms. The monoisotopic (exact) mass is 387 g/mol. The predicted octanol–water partition coefficient (Wildman–Crippen LogP) is 1.82. The number of thiazole rings is 1. The zero-order valence-corrected chi connectivity index (χ0v) is 15.6. The van der Waals surface area contributed by atoms with Gasteiger partial charge in [-0.3, -0.25) is 14.4 Å². The number of amides is 3. The minimum Gasteiger partial charge on any atom is -0.364 e. The molecule has 1 atom stereocenters. The van der Waals surface area contributed by atoms with Gasteiger partial charge in [-0.1, -0.05) is 0 Å². The number of hydrogen-bond acceptors (Lipinski definition) is 5.